The standard InChI is InChI=1S/C14H12OS/c15-13-8-4-5-9-14(13)16-11-10-12-6-2-1-3-7-12/h1-11,15H/b11-10+. The van der Waals surface area contributed by atoms with E-state index in [1.165, 1.54) is 11.8 Å². The van der Waals surface area contributed by atoms with Crippen molar-refractivity contribution in [1.82, 2.24) is 0 Å². The minimum Gasteiger partial charge on any atom is -0.507 e. The molecule has 0 radical (unpaired) electrons. The van der Waals surface area contributed by atoms with E-state index in [1.807, 2.05) is 60.0 Å². The van der Waals surface area contributed by atoms with Crippen LogP contribution in [0, 0.1) is 0 Å². The predicted octanol–water partition coefficient (Wildman–Crippen LogP) is 4.16. The molecule has 2 aromatic carbocycles. The van der Waals surface area contributed by atoms with Gasteiger partial charge in [0.15, 0.2) is 0 Å². The summed E-state index contributed by atoms with van der Waals surface area (Å²) in [6.07, 6.45) is 2.02. The summed E-state index contributed by atoms with van der Waals surface area (Å²) >= 11 is 1.51. The Balaban J connectivity index is 2.03. The quantitative estimate of drug-likeness (QED) is 0.796. The molecule has 80 valence electrons. The third-order valence-electron chi connectivity index (χ3n) is 2.12. The molecule has 0 aromatic heterocycles. The minimum atomic E-state index is 0.324. The number of phenols is 1. The first-order chi connectivity index (χ1) is 7.86. The summed E-state index contributed by atoms with van der Waals surface area (Å²) in [5, 5.41) is 11.5. The molecule has 2 rings (SSSR count). The van der Waals surface area contributed by atoms with Gasteiger partial charge in [-0.25, -0.2) is 0 Å². The fourth-order valence-corrected chi connectivity index (χ4v) is 2.02. The molecule has 1 nitrogen and oxygen atoms in total. The van der Waals surface area contributed by atoms with Gasteiger partial charge in [0.25, 0.3) is 0 Å². The third-order valence-corrected chi connectivity index (χ3v) is 2.99. The van der Waals surface area contributed by atoms with E-state index in [0.717, 1.165) is 10.5 Å². The Labute approximate surface area is 99.4 Å². The second-order valence-corrected chi connectivity index (χ2v) is 4.25. The summed E-state index contributed by atoms with van der Waals surface area (Å²) in [5.74, 6) is 0.324. The van der Waals surface area contributed by atoms with E-state index >= 15 is 0 Å². The molecule has 1 N–H and O–H groups in total. The zero-order chi connectivity index (χ0) is 11.2. The molecule has 0 heterocycles. The SMILES string of the molecule is Oc1ccccc1S/C=C/c1ccccc1. The van der Waals surface area contributed by atoms with Crippen LogP contribution in [-0.4, -0.2) is 5.11 Å². The number of hydrogen-bond donors (Lipinski definition) is 1. The maximum Gasteiger partial charge on any atom is 0.129 e. The predicted molar refractivity (Wildman–Crippen MR) is 69.4 cm³/mol. The molecule has 0 aliphatic rings. The van der Waals surface area contributed by atoms with E-state index in [1.54, 1.807) is 6.07 Å². The van der Waals surface area contributed by atoms with Crippen molar-refractivity contribution in [2.45, 2.75) is 4.90 Å². The molecule has 0 aliphatic heterocycles. The highest BCUT2D eigenvalue weighted by Crippen LogP contribution is 2.28. The number of thioether (sulfide) groups is 1. The van der Waals surface area contributed by atoms with Crippen LogP contribution in [0.15, 0.2) is 64.9 Å². The minimum absolute atomic E-state index is 0.324. The summed E-state index contributed by atoms with van der Waals surface area (Å²) in [7, 11) is 0. The highest BCUT2D eigenvalue weighted by atomic mass is 32.2. The number of phenolic OH excluding ortho intramolecular Hbond substituents is 1. The Bertz CT molecular complexity index is 477. The van der Waals surface area contributed by atoms with Crippen molar-refractivity contribution in [3.63, 3.8) is 0 Å². The highest BCUT2D eigenvalue weighted by Gasteiger charge is 1.96. The Hall–Kier alpha value is -1.67. The summed E-state index contributed by atoms with van der Waals surface area (Å²) < 4.78 is 0. The van der Waals surface area contributed by atoms with Crippen molar-refractivity contribution < 1.29 is 5.11 Å². The van der Waals surface area contributed by atoms with E-state index in [2.05, 4.69) is 0 Å². The van der Waals surface area contributed by atoms with Crippen molar-refractivity contribution in [3.8, 4) is 5.75 Å². The van der Waals surface area contributed by atoms with Crippen LogP contribution in [0.3, 0.4) is 0 Å². The van der Waals surface area contributed by atoms with Gasteiger partial charge >= 0.3 is 0 Å². The van der Waals surface area contributed by atoms with E-state index in [-0.39, 0.29) is 0 Å². The number of para-hydroxylation sites is 1. The van der Waals surface area contributed by atoms with E-state index in [9.17, 15) is 5.11 Å². The highest BCUT2D eigenvalue weighted by molar-refractivity contribution is 8.02. The average molecular weight is 228 g/mol. The molecular weight excluding hydrogens is 216 g/mol. The smallest absolute Gasteiger partial charge is 0.129 e. The van der Waals surface area contributed by atoms with Crippen LogP contribution in [0.4, 0.5) is 0 Å². The van der Waals surface area contributed by atoms with E-state index in [4.69, 9.17) is 0 Å². The molecule has 0 spiro atoms. The van der Waals surface area contributed by atoms with Gasteiger partial charge in [0.1, 0.15) is 5.75 Å². The summed E-state index contributed by atoms with van der Waals surface area (Å²) in [6, 6.07) is 17.4. The summed E-state index contributed by atoms with van der Waals surface area (Å²) in [4.78, 5) is 0.870. The largest absolute Gasteiger partial charge is 0.507 e. The van der Waals surface area contributed by atoms with Gasteiger partial charge in [0.2, 0.25) is 0 Å². The number of rotatable bonds is 3. The molecule has 2 aromatic rings. The first-order valence-corrected chi connectivity index (χ1v) is 5.90. The first kappa shape index (κ1) is 10.8. The molecular formula is C14H12OS. The first-order valence-electron chi connectivity index (χ1n) is 5.02. The van der Waals surface area contributed by atoms with Crippen LogP contribution >= 0.6 is 11.8 Å². The Morgan fingerprint density at radius 3 is 2.31 bits per heavy atom. The summed E-state index contributed by atoms with van der Waals surface area (Å²) in [5.41, 5.74) is 1.16. The van der Waals surface area contributed by atoms with Crippen LogP contribution in [0.25, 0.3) is 6.08 Å². The topological polar surface area (TPSA) is 20.2 Å². The molecule has 0 amide bonds. The molecule has 0 saturated heterocycles. The summed E-state index contributed by atoms with van der Waals surface area (Å²) in [6.45, 7) is 0. The van der Waals surface area contributed by atoms with Gasteiger partial charge < -0.3 is 5.11 Å². The van der Waals surface area contributed by atoms with Crippen molar-refractivity contribution in [2.75, 3.05) is 0 Å². The maximum atomic E-state index is 9.55. The van der Waals surface area contributed by atoms with Gasteiger partial charge in [-0.15, -0.1) is 0 Å². The van der Waals surface area contributed by atoms with Crippen molar-refractivity contribution in [2.24, 2.45) is 0 Å². The van der Waals surface area contributed by atoms with Crippen LogP contribution < -0.4 is 0 Å². The zero-order valence-corrected chi connectivity index (χ0v) is 9.52. The molecule has 0 bridgehead atoms. The Morgan fingerprint density at radius 1 is 0.875 bits per heavy atom. The number of aromatic hydroxyl groups is 1. The van der Waals surface area contributed by atoms with Crippen LogP contribution in [0.5, 0.6) is 5.75 Å². The van der Waals surface area contributed by atoms with Crippen molar-refractivity contribution in [3.05, 3.63) is 65.6 Å². The van der Waals surface area contributed by atoms with Crippen molar-refractivity contribution >= 4 is 17.8 Å². The van der Waals surface area contributed by atoms with Crippen LogP contribution in [0.2, 0.25) is 0 Å². The Kier molecular flexibility index (Phi) is 3.67. The van der Waals surface area contributed by atoms with E-state index < -0.39 is 0 Å². The molecule has 0 atom stereocenters. The van der Waals surface area contributed by atoms with Gasteiger partial charge in [0, 0.05) is 0 Å². The fraction of sp³-hybridized carbons (Fsp3) is 0. The molecule has 0 saturated carbocycles. The lowest BCUT2D eigenvalue weighted by molar-refractivity contribution is 0.462. The molecule has 2 heteroatoms. The zero-order valence-electron chi connectivity index (χ0n) is 8.71. The van der Waals surface area contributed by atoms with Gasteiger partial charge in [-0.1, -0.05) is 54.2 Å². The molecule has 0 aliphatic carbocycles. The Morgan fingerprint density at radius 2 is 1.56 bits per heavy atom. The van der Waals surface area contributed by atoms with Crippen LogP contribution in [-0.2, 0) is 0 Å². The maximum absolute atomic E-state index is 9.55. The lowest BCUT2D eigenvalue weighted by Crippen LogP contribution is -1.70. The lowest BCUT2D eigenvalue weighted by atomic mass is 10.2. The van der Waals surface area contributed by atoms with E-state index in [0.29, 0.717) is 5.75 Å². The van der Waals surface area contributed by atoms with Crippen LogP contribution in [0.1, 0.15) is 5.56 Å². The second-order valence-electron chi connectivity index (χ2n) is 3.30. The average Bonchev–Trinajstić information content (AvgIpc) is 2.33. The van der Waals surface area contributed by atoms with Gasteiger partial charge in [-0.2, -0.15) is 0 Å². The third kappa shape index (κ3) is 2.91. The van der Waals surface area contributed by atoms with Gasteiger partial charge in [0.05, 0.1) is 4.90 Å². The molecule has 0 fully saturated rings. The molecule has 0 unspecified atom stereocenters. The van der Waals surface area contributed by atoms with Gasteiger partial charge in [-0.3, -0.25) is 0 Å². The van der Waals surface area contributed by atoms with Crippen molar-refractivity contribution in [1.29, 1.82) is 0 Å². The second kappa shape index (κ2) is 5.42. The monoisotopic (exact) mass is 228 g/mol. The lowest BCUT2D eigenvalue weighted by Gasteiger charge is -1.98. The normalized spacial score (nSPS) is 10.8. The number of hydrogen-bond acceptors (Lipinski definition) is 2. The number of benzene rings is 2. The molecule has 16 heavy (non-hydrogen) atoms. The van der Waals surface area contributed by atoms with Gasteiger partial charge in [-0.05, 0) is 29.2 Å². The fourth-order valence-electron chi connectivity index (χ4n) is 1.31.